The van der Waals surface area contributed by atoms with Crippen LogP contribution in [0.3, 0.4) is 0 Å². The number of benzene rings is 1. The van der Waals surface area contributed by atoms with Gasteiger partial charge in [-0.25, -0.2) is 4.39 Å². The summed E-state index contributed by atoms with van der Waals surface area (Å²) in [4.78, 5) is 25.5. The molecule has 0 aliphatic rings. The lowest BCUT2D eigenvalue weighted by Crippen LogP contribution is -2.36. The van der Waals surface area contributed by atoms with Crippen LogP contribution in [0.15, 0.2) is 53.7 Å². The Kier molecular flexibility index (Phi) is 7.26. The van der Waals surface area contributed by atoms with Crippen molar-refractivity contribution in [2.45, 2.75) is 18.7 Å². The van der Waals surface area contributed by atoms with Crippen molar-refractivity contribution in [1.29, 1.82) is 0 Å². The molecule has 1 amide bonds. The number of hydrogen-bond donors (Lipinski definition) is 2. The molecule has 1 heterocycles. The van der Waals surface area contributed by atoms with Gasteiger partial charge in [-0.2, -0.15) is 11.3 Å². The average molecular weight is 375 g/mol. The van der Waals surface area contributed by atoms with E-state index in [-0.39, 0.29) is 18.7 Å². The number of hydrogen-bond acceptors (Lipinski definition) is 5. The molecular weight excluding hydrogens is 356 g/mol. The number of amides is 1. The summed E-state index contributed by atoms with van der Waals surface area (Å²) in [5.74, 6) is -2.36. The van der Waals surface area contributed by atoms with Crippen molar-refractivity contribution < 1.29 is 24.0 Å². The fourth-order valence-corrected chi connectivity index (χ4v) is 3.27. The lowest BCUT2D eigenvalue weighted by atomic mass is 9.67. The second kappa shape index (κ2) is 9.42. The van der Waals surface area contributed by atoms with Crippen molar-refractivity contribution in [2.75, 3.05) is 11.4 Å². The van der Waals surface area contributed by atoms with Crippen molar-refractivity contribution in [2.24, 2.45) is 0 Å². The lowest BCUT2D eigenvalue weighted by Gasteiger charge is -2.22. The molecule has 0 aliphatic heterocycles. The van der Waals surface area contributed by atoms with Gasteiger partial charge in [-0.1, -0.05) is 18.7 Å². The molecule has 136 valence electrons. The van der Waals surface area contributed by atoms with E-state index in [4.69, 9.17) is 0 Å². The van der Waals surface area contributed by atoms with Gasteiger partial charge in [0.1, 0.15) is 5.82 Å². The zero-order valence-electron chi connectivity index (χ0n) is 14.0. The smallest absolute Gasteiger partial charge is 0.427 e. The predicted octanol–water partition coefficient (Wildman–Crippen LogP) is 2.45. The maximum Gasteiger partial charge on any atom is 0.455 e. The Labute approximate surface area is 155 Å². The summed E-state index contributed by atoms with van der Waals surface area (Å²) < 4.78 is 14.0. The number of ketones is 1. The summed E-state index contributed by atoms with van der Waals surface area (Å²) in [5.41, 5.74) is 0.874. The highest BCUT2D eigenvalue weighted by molar-refractivity contribution is 7.07. The molecular formula is C18H19BFNO4S. The molecule has 1 aromatic heterocycles. The Morgan fingerprint density at radius 3 is 2.62 bits per heavy atom. The number of para-hydroxylation sites is 1. The van der Waals surface area contributed by atoms with E-state index in [9.17, 15) is 24.0 Å². The van der Waals surface area contributed by atoms with Gasteiger partial charge in [-0.3, -0.25) is 14.5 Å². The first kappa shape index (κ1) is 20.0. The van der Waals surface area contributed by atoms with E-state index in [1.807, 2.05) is 16.8 Å². The van der Waals surface area contributed by atoms with Crippen LogP contribution in [0.4, 0.5) is 10.1 Å². The second-order valence-corrected chi connectivity index (χ2v) is 6.61. The van der Waals surface area contributed by atoms with Gasteiger partial charge in [0.25, 0.3) is 5.91 Å². The van der Waals surface area contributed by atoms with E-state index in [0.29, 0.717) is 6.42 Å². The number of nitrogens with zero attached hydrogens (tertiary/aromatic N) is 1. The summed E-state index contributed by atoms with van der Waals surface area (Å²) in [7, 11) is -1.67. The van der Waals surface area contributed by atoms with Crippen molar-refractivity contribution in [3.63, 3.8) is 0 Å². The van der Waals surface area contributed by atoms with Crippen LogP contribution in [-0.4, -0.2) is 35.4 Å². The molecule has 0 unspecified atom stereocenters. The van der Waals surface area contributed by atoms with Crippen LogP contribution < -0.4 is 4.90 Å². The van der Waals surface area contributed by atoms with E-state index in [1.165, 1.54) is 29.5 Å². The molecule has 0 bridgehead atoms. The fraction of sp³-hybridized carbons (Fsp3) is 0.222. The van der Waals surface area contributed by atoms with E-state index < -0.39 is 30.4 Å². The van der Waals surface area contributed by atoms with Gasteiger partial charge in [0.15, 0.2) is 5.78 Å². The average Bonchev–Trinajstić information content (AvgIpc) is 3.12. The Morgan fingerprint density at radius 1 is 1.31 bits per heavy atom. The molecule has 5 nitrogen and oxygen atoms in total. The highest BCUT2D eigenvalue weighted by Gasteiger charge is 2.28. The fourth-order valence-electron chi connectivity index (χ4n) is 2.59. The van der Waals surface area contributed by atoms with Crippen molar-refractivity contribution in [3.8, 4) is 0 Å². The largest absolute Gasteiger partial charge is 0.455 e. The molecule has 2 aromatic rings. The standard InChI is InChI=1S/C18H19BFNO4S/c1-2-18(23)21(17-6-4-3-5-16(17)20)11-15(22)10-14(19(24)25)9-13-7-8-26-12-13/h2-8,12,14,24-25H,1,9-11H2/t14-/m1/s1. The van der Waals surface area contributed by atoms with Crippen molar-refractivity contribution in [3.05, 3.63) is 65.1 Å². The van der Waals surface area contributed by atoms with Gasteiger partial charge in [0, 0.05) is 12.2 Å². The third kappa shape index (κ3) is 5.35. The molecule has 2 N–H and O–H groups in total. The molecule has 1 aromatic carbocycles. The minimum Gasteiger partial charge on any atom is -0.427 e. The van der Waals surface area contributed by atoms with Crippen LogP contribution in [-0.2, 0) is 16.0 Å². The van der Waals surface area contributed by atoms with Gasteiger partial charge >= 0.3 is 7.12 Å². The normalized spacial score (nSPS) is 11.7. The maximum absolute atomic E-state index is 14.0. The SMILES string of the molecule is C=CC(=O)N(CC(=O)C[C@@H](Cc1ccsc1)B(O)O)c1ccccc1F. The van der Waals surface area contributed by atoms with Gasteiger partial charge < -0.3 is 10.0 Å². The molecule has 0 aliphatic carbocycles. The topological polar surface area (TPSA) is 77.8 Å². The summed E-state index contributed by atoms with van der Waals surface area (Å²) in [6, 6.07) is 7.48. The van der Waals surface area contributed by atoms with Gasteiger partial charge in [-0.15, -0.1) is 0 Å². The molecule has 0 saturated carbocycles. The zero-order valence-corrected chi connectivity index (χ0v) is 14.9. The van der Waals surface area contributed by atoms with Crippen LogP contribution in [0.2, 0.25) is 5.82 Å². The number of Topliss-reactive ketones (excluding diaryl/α,β-unsaturated/α-hetero) is 1. The van der Waals surface area contributed by atoms with Crippen LogP contribution in [0.5, 0.6) is 0 Å². The molecule has 0 fully saturated rings. The third-order valence-corrected chi connectivity index (χ3v) is 4.64. The lowest BCUT2D eigenvalue weighted by molar-refractivity contribution is -0.120. The van der Waals surface area contributed by atoms with Crippen molar-refractivity contribution in [1.82, 2.24) is 0 Å². The van der Waals surface area contributed by atoms with Gasteiger partial charge in [-0.05, 0) is 47.0 Å². The number of rotatable bonds is 9. The molecule has 0 saturated heterocycles. The summed E-state index contributed by atoms with van der Waals surface area (Å²) in [6.45, 7) is 3.00. The van der Waals surface area contributed by atoms with Gasteiger partial charge in [0.2, 0.25) is 0 Å². The predicted molar refractivity (Wildman–Crippen MR) is 101 cm³/mol. The first-order valence-corrected chi connectivity index (χ1v) is 8.94. The highest BCUT2D eigenvalue weighted by atomic mass is 32.1. The second-order valence-electron chi connectivity index (χ2n) is 5.83. The number of anilines is 1. The molecule has 0 spiro atoms. The third-order valence-electron chi connectivity index (χ3n) is 3.91. The van der Waals surface area contributed by atoms with Gasteiger partial charge in [0.05, 0.1) is 12.2 Å². The molecule has 8 heteroatoms. The molecule has 26 heavy (non-hydrogen) atoms. The van der Waals surface area contributed by atoms with E-state index in [2.05, 4.69) is 6.58 Å². The monoisotopic (exact) mass is 375 g/mol. The quantitative estimate of drug-likeness (QED) is 0.521. The first-order chi connectivity index (χ1) is 12.4. The molecule has 1 atom stereocenters. The summed E-state index contributed by atoms with van der Waals surface area (Å²) >= 11 is 1.47. The van der Waals surface area contributed by atoms with Crippen LogP contribution in [0.25, 0.3) is 0 Å². The molecule has 0 radical (unpaired) electrons. The number of carbonyl (C=O) groups is 2. The summed E-state index contributed by atoms with van der Waals surface area (Å²) in [6.07, 6.45) is 1.17. The van der Waals surface area contributed by atoms with E-state index >= 15 is 0 Å². The Morgan fingerprint density at radius 2 is 2.04 bits per heavy atom. The highest BCUT2D eigenvalue weighted by Crippen LogP contribution is 2.24. The van der Waals surface area contributed by atoms with Crippen molar-refractivity contribution >= 4 is 35.8 Å². The Hall–Kier alpha value is -2.29. The number of thiophene rings is 1. The van der Waals surface area contributed by atoms with Crippen LogP contribution in [0.1, 0.15) is 12.0 Å². The Bertz CT molecular complexity index is 766. The van der Waals surface area contributed by atoms with E-state index in [1.54, 1.807) is 6.07 Å². The molecule has 2 rings (SSSR count). The first-order valence-electron chi connectivity index (χ1n) is 7.99. The maximum atomic E-state index is 14.0. The van der Waals surface area contributed by atoms with E-state index in [0.717, 1.165) is 16.5 Å². The summed E-state index contributed by atoms with van der Waals surface area (Å²) in [5, 5.41) is 22.9. The zero-order chi connectivity index (χ0) is 19.1. The Balaban J connectivity index is 2.11. The minimum atomic E-state index is -1.67. The number of halogens is 1. The minimum absolute atomic E-state index is 0.0234. The van der Waals surface area contributed by atoms with Crippen LogP contribution >= 0.6 is 11.3 Å². The van der Waals surface area contributed by atoms with Crippen LogP contribution in [0, 0.1) is 5.82 Å². The number of carbonyl (C=O) groups excluding carboxylic acids is 2.